The summed E-state index contributed by atoms with van der Waals surface area (Å²) in [5.41, 5.74) is 2.33. The van der Waals surface area contributed by atoms with Gasteiger partial charge < -0.3 is 5.32 Å². The van der Waals surface area contributed by atoms with Crippen molar-refractivity contribution in [1.82, 2.24) is 5.32 Å². The fourth-order valence-electron chi connectivity index (χ4n) is 1.78. The lowest BCUT2D eigenvalue weighted by molar-refractivity contribution is -0.116. The maximum absolute atomic E-state index is 11.7. The summed E-state index contributed by atoms with van der Waals surface area (Å²) in [6, 6.07) is 16.5. The molecule has 0 radical (unpaired) electrons. The predicted octanol–water partition coefficient (Wildman–Crippen LogP) is 3.54. The SMILES string of the molecule is N#Cc1cccc(CNC(=O)/C=C/c2cccc(Cl)c2)c1. The average Bonchev–Trinajstić information content (AvgIpc) is 2.51. The van der Waals surface area contributed by atoms with Gasteiger partial charge in [-0.05, 0) is 41.5 Å². The van der Waals surface area contributed by atoms with Crippen molar-refractivity contribution in [3.63, 3.8) is 0 Å². The molecule has 104 valence electrons. The van der Waals surface area contributed by atoms with E-state index >= 15 is 0 Å². The number of nitrogens with zero attached hydrogens (tertiary/aromatic N) is 1. The zero-order valence-corrected chi connectivity index (χ0v) is 12.0. The highest BCUT2D eigenvalue weighted by Gasteiger charge is 1.98. The Kier molecular flexibility index (Phi) is 5.14. The van der Waals surface area contributed by atoms with Gasteiger partial charge in [-0.3, -0.25) is 4.79 Å². The molecule has 1 amide bonds. The fourth-order valence-corrected chi connectivity index (χ4v) is 1.98. The quantitative estimate of drug-likeness (QED) is 0.877. The molecule has 3 nitrogen and oxygen atoms in total. The van der Waals surface area contributed by atoms with Crippen LogP contribution < -0.4 is 5.32 Å². The van der Waals surface area contributed by atoms with Gasteiger partial charge in [0.05, 0.1) is 11.6 Å². The molecule has 0 aliphatic heterocycles. The second kappa shape index (κ2) is 7.28. The number of amides is 1. The van der Waals surface area contributed by atoms with Gasteiger partial charge in [0.2, 0.25) is 5.91 Å². The van der Waals surface area contributed by atoms with Gasteiger partial charge in [-0.1, -0.05) is 35.9 Å². The summed E-state index contributed by atoms with van der Waals surface area (Å²) in [5.74, 6) is -0.197. The van der Waals surface area contributed by atoms with Gasteiger partial charge in [-0.2, -0.15) is 5.26 Å². The smallest absolute Gasteiger partial charge is 0.244 e. The topological polar surface area (TPSA) is 52.9 Å². The second-order valence-corrected chi connectivity index (χ2v) is 4.85. The van der Waals surface area contributed by atoms with E-state index in [9.17, 15) is 4.79 Å². The number of hydrogen-bond acceptors (Lipinski definition) is 2. The molecular formula is C17H13ClN2O. The third-order valence-corrected chi connectivity index (χ3v) is 3.03. The lowest BCUT2D eigenvalue weighted by Crippen LogP contribution is -2.20. The number of carbonyl (C=O) groups is 1. The molecule has 0 heterocycles. The van der Waals surface area contributed by atoms with Crippen LogP contribution in [0, 0.1) is 11.3 Å². The molecule has 0 atom stereocenters. The summed E-state index contributed by atoms with van der Waals surface area (Å²) >= 11 is 5.87. The van der Waals surface area contributed by atoms with Crippen LogP contribution in [0.25, 0.3) is 6.08 Å². The molecule has 0 aliphatic carbocycles. The zero-order chi connectivity index (χ0) is 15.1. The molecule has 21 heavy (non-hydrogen) atoms. The Morgan fingerprint density at radius 1 is 1.24 bits per heavy atom. The normalized spacial score (nSPS) is 10.3. The van der Waals surface area contributed by atoms with E-state index in [1.54, 1.807) is 36.4 Å². The largest absolute Gasteiger partial charge is 0.348 e. The van der Waals surface area contributed by atoms with Crippen molar-refractivity contribution in [3.05, 3.63) is 76.3 Å². The molecule has 2 rings (SSSR count). The summed E-state index contributed by atoms with van der Waals surface area (Å²) in [6.45, 7) is 0.383. The molecule has 0 aliphatic rings. The number of carbonyl (C=O) groups excluding carboxylic acids is 1. The van der Waals surface area contributed by atoms with E-state index in [1.165, 1.54) is 6.08 Å². The van der Waals surface area contributed by atoms with Crippen LogP contribution in [-0.4, -0.2) is 5.91 Å². The molecule has 0 saturated heterocycles. The van der Waals surface area contributed by atoms with E-state index < -0.39 is 0 Å². The summed E-state index contributed by atoms with van der Waals surface area (Å²) in [5, 5.41) is 12.2. The van der Waals surface area contributed by atoms with Crippen LogP contribution in [0.1, 0.15) is 16.7 Å². The second-order valence-electron chi connectivity index (χ2n) is 4.42. The van der Waals surface area contributed by atoms with Gasteiger partial charge in [0, 0.05) is 17.6 Å². The molecule has 0 aromatic heterocycles. The first-order valence-electron chi connectivity index (χ1n) is 6.38. The van der Waals surface area contributed by atoms with Crippen molar-refractivity contribution in [3.8, 4) is 6.07 Å². The van der Waals surface area contributed by atoms with Crippen LogP contribution in [0.5, 0.6) is 0 Å². The van der Waals surface area contributed by atoms with E-state index in [1.807, 2.05) is 18.2 Å². The number of nitrogens with one attached hydrogen (secondary N) is 1. The van der Waals surface area contributed by atoms with Crippen molar-refractivity contribution in [1.29, 1.82) is 5.26 Å². The number of rotatable bonds is 4. The third kappa shape index (κ3) is 4.79. The fraction of sp³-hybridized carbons (Fsp3) is 0.0588. The summed E-state index contributed by atoms with van der Waals surface area (Å²) in [6.07, 6.45) is 3.16. The maximum atomic E-state index is 11.7. The Hall–Kier alpha value is -2.57. The average molecular weight is 297 g/mol. The summed E-state index contributed by atoms with van der Waals surface area (Å²) in [4.78, 5) is 11.7. The van der Waals surface area contributed by atoms with E-state index in [0.717, 1.165) is 11.1 Å². The first kappa shape index (κ1) is 14.8. The van der Waals surface area contributed by atoms with Crippen LogP contribution in [0.15, 0.2) is 54.6 Å². The molecule has 1 N–H and O–H groups in total. The lowest BCUT2D eigenvalue weighted by Gasteiger charge is -2.02. The van der Waals surface area contributed by atoms with E-state index in [0.29, 0.717) is 17.1 Å². The van der Waals surface area contributed by atoms with Crippen molar-refractivity contribution < 1.29 is 4.79 Å². The Labute approximate surface area is 128 Å². The lowest BCUT2D eigenvalue weighted by atomic mass is 10.1. The van der Waals surface area contributed by atoms with Gasteiger partial charge in [0.1, 0.15) is 0 Å². The molecule has 2 aromatic rings. The van der Waals surface area contributed by atoms with Crippen LogP contribution in [0.4, 0.5) is 0 Å². The first-order chi connectivity index (χ1) is 10.2. The van der Waals surface area contributed by atoms with E-state index in [2.05, 4.69) is 11.4 Å². The molecule has 0 saturated carbocycles. The molecule has 0 unspecified atom stereocenters. The Bertz CT molecular complexity index is 717. The minimum atomic E-state index is -0.197. The van der Waals surface area contributed by atoms with Gasteiger partial charge >= 0.3 is 0 Å². The van der Waals surface area contributed by atoms with Crippen LogP contribution in [0.2, 0.25) is 5.02 Å². The molecule has 0 spiro atoms. The first-order valence-corrected chi connectivity index (χ1v) is 6.76. The van der Waals surface area contributed by atoms with Gasteiger partial charge in [0.25, 0.3) is 0 Å². The minimum Gasteiger partial charge on any atom is -0.348 e. The van der Waals surface area contributed by atoms with Crippen molar-refractivity contribution in [2.75, 3.05) is 0 Å². The van der Waals surface area contributed by atoms with Crippen LogP contribution in [0.3, 0.4) is 0 Å². The highest BCUT2D eigenvalue weighted by molar-refractivity contribution is 6.30. The molecule has 4 heteroatoms. The monoisotopic (exact) mass is 296 g/mol. The maximum Gasteiger partial charge on any atom is 0.244 e. The summed E-state index contributed by atoms with van der Waals surface area (Å²) in [7, 11) is 0. The number of benzene rings is 2. The minimum absolute atomic E-state index is 0.197. The van der Waals surface area contributed by atoms with Crippen LogP contribution in [-0.2, 0) is 11.3 Å². The highest BCUT2D eigenvalue weighted by atomic mass is 35.5. The van der Waals surface area contributed by atoms with Crippen molar-refractivity contribution in [2.24, 2.45) is 0 Å². The standard InChI is InChI=1S/C17H13ClN2O/c18-16-6-2-3-13(10-16)7-8-17(21)20-12-15-5-1-4-14(9-15)11-19/h1-10H,12H2,(H,20,21)/b8-7+. The molecule has 2 aromatic carbocycles. The van der Waals surface area contributed by atoms with E-state index in [-0.39, 0.29) is 5.91 Å². The van der Waals surface area contributed by atoms with Gasteiger partial charge in [0.15, 0.2) is 0 Å². The van der Waals surface area contributed by atoms with Gasteiger partial charge in [-0.25, -0.2) is 0 Å². The zero-order valence-electron chi connectivity index (χ0n) is 11.2. The van der Waals surface area contributed by atoms with Crippen molar-refractivity contribution in [2.45, 2.75) is 6.54 Å². The molecule has 0 fully saturated rings. The molecular weight excluding hydrogens is 284 g/mol. The Balaban J connectivity index is 1.91. The Morgan fingerprint density at radius 2 is 2.05 bits per heavy atom. The summed E-state index contributed by atoms with van der Waals surface area (Å²) < 4.78 is 0. The van der Waals surface area contributed by atoms with Crippen molar-refractivity contribution >= 4 is 23.6 Å². The predicted molar refractivity (Wildman–Crippen MR) is 83.5 cm³/mol. The van der Waals surface area contributed by atoms with Gasteiger partial charge in [-0.15, -0.1) is 0 Å². The highest BCUT2D eigenvalue weighted by Crippen LogP contribution is 2.11. The number of hydrogen-bond donors (Lipinski definition) is 1. The van der Waals surface area contributed by atoms with E-state index in [4.69, 9.17) is 16.9 Å². The number of halogens is 1. The van der Waals surface area contributed by atoms with Crippen LogP contribution >= 0.6 is 11.6 Å². The molecule has 0 bridgehead atoms. The third-order valence-electron chi connectivity index (χ3n) is 2.80. The Morgan fingerprint density at radius 3 is 2.81 bits per heavy atom. The number of nitriles is 1.